The van der Waals surface area contributed by atoms with E-state index in [2.05, 4.69) is 26.4 Å². The minimum absolute atomic E-state index is 0.123. The molecule has 0 aliphatic rings. The molecule has 6 heteroatoms. The Balaban J connectivity index is 2.28. The molecule has 0 spiro atoms. The van der Waals surface area contributed by atoms with Crippen LogP contribution in [0, 0.1) is 19.7 Å². The molecule has 1 amide bonds. The topological polar surface area (TPSA) is 55.1 Å². The second-order valence-corrected chi connectivity index (χ2v) is 4.73. The minimum Gasteiger partial charge on any atom is -0.351 e. The van der Waals surface area contributed by atoms with Gasteiger partial charge in [-0.3, -0.25) is 4.79 Å². The highest BCUT2D eigenvalue weighted by Gasteiger charge is 2.16. The van der Waals surface area contributed by atoms with Gasteiger partial charge in [0.1, 0.15) is 5.82 Å². The van der Waals surface area contributed by atoms with Crippen molar-refractivity contribution in [3.63, 3.8) is 0 Å². The van der Waals surface area contributed by atoms with Crippen LogP contribution >= 0.6 is 15.9 Å². The predicted octanol–water partition coefficient (Wildman–Crippen LogP) is 3.45. The number of rotatable bonds is 2. The molecule has 1 aromatic carbocycles. The number of benzene rings is 1. The van der Waals surface area contributed by atoms with Crippen LogP contribution in [0.3, 0.4) is 0 Å². The summed E-state index contributed by atoms with van der Waals surface area (Å²) < 4.78 is 18.6. The molecule has 0 saturated carbocycles. The Hall–Kier alpha value is -1.69. The van der Waals surface area contributed by atoms with Gasteiger partial charge in [0, 0.05) is 11.3 Å². The molecular weight excluding hydrogens is 303 g/mol. The van der Waals surface area contributed by atoms with Crippen LogP contribution in [-0.2, 0) is 0 Å². The first kappa shape index (κ1) is 12.8. The van der Waals surface area contributed by atoms with E-state index < -0.39 is 11.7 Å². The van der Waals surface area contributed by atoms with Crippen molar-refractivity contribution in [2.45, 2.75) is 13.8 Å². The van der Waals surface area contributed by atoms with Crippen LogP contribution in [0.5, 0.6) is 0 Å². The van der Waals surface area contributed by atoms with Crippen molar-refractivity contribution in [3.8, 4) is 0 Å². The van der Waals surface area contributed by atoms with Crippen LogP contribution in [0.1, 0.15) is 21.7 Å². The smallest absolute Gasteiger partial charge is 0.294 e. The van der Waals surface area contributed by atoms with Gasteiger partial charge in [-0.05, 0) is 47.5 Å². The van der Waals surface area contributed by atoms with Crippen molar-refractivity contribution < 1.29 is 13.7 Å². The van der Waals surface area contributed by atoms with E-state index in [4.69, 9.17) is 4.52 Å². The molecular formula is C12H10BrFN2O2. The third-order valence-electron chi connectivity index (χ3n) is 2.47. The van der Waals surface area contributed by atoms with Crippen LogP contribution in [0.25, 0.3) is 0 Å². The number of anilines is 1. The Morgan fingerprint density at radius 1 is 1.39 bits per heavy atom. The van der Waals surface area contributed by atoms with Crippen molar-refractivity contribution in [2.24, 2.45) is 0 Å². The normalized spacial score (nSPS) is 10.4. The monoisotopic (exact) mass is 312 g/mol. The van der Waals surface area contributed by atoms with Gasteiger partial charge in [-0.15, -0.1) is 0 Å². The number of hydrogen-bond acceptors (Lipinski definition) is 3. The first-order valence-corrected chi connectivity index (χ1v) is 5.96. The second kappa shape index (κ2) is 4.89. The maximum Gasteiger partial charge on any atom is 0.294 e. The van der Waals surface area contributed by atoms with Crippen molar-refractivity contribution >= 4 is 27.5 Å². The number of hydrogen-bond donors (Lipinski definition) is 1. The highest BCUT2D eigenvalue weighted by molar-refractivity contribution is 9.10. The van der Waals surface area contributed by atoms with Gasteiger partial charge in [0.25, 0.3) is 5.91 Å². The molecule has 4 nitrogen and oxygen atoms in total. The van der Waals surface area contributed by atoms with E-state index in [1.807, 2.05) is 0 Å². The third kappa shape index (κ3) is 2.43. The lowest BCUT2D eigenvalue weighted by atomic mass is 10.2. The number of carbonyl (C=O) groups is 1. The van der Waals surface area contributed by atoms with Gasteiger partial charge < -0.3 is 9.84 Å². The molecule has 1 N–H and O–H groups in total. The standard InChI is InChI=1S/C12H10BrFN2O2/c1-6-3-8(13)9(14)4-10(6)16-12(17)11-7(2)5-15-18-11/h3-5H,1-2H3,(H,16,17). The van der Waals surface area contributed by atoms with E-state index in [1.165, 1.54) is 12.3 Å². The maximum atomic E-state index is 13.4. The van der Waals surface area contributed by atoms with Gasteiger partial charge >= 0.3 is 0 Å². The lowest BCUT2D eigenvalue weighted by Crippen LogP contribution is -2.13. The Bertz CT molecular complexity index is 610. The number of amides is 1. The zero-order valence-corrected chi connectivity index (χ0v) is 11.3. The van der Waals surface area contributed by atoms with E-state index >= 15 is 0 Å². The average molecular weight is 313 g/mol. The van der Waals surface area contributed by atoms with Crippen LogP contribution in [0.4, 0.5) is 10.1 Å². The van der Waals surface area contributed by atoms with Gasteiger partial charge in [0.05, 0.1) is 10.7 Å². The van der Waals surface area contributed by atoms with Gasteiger partial charge in [0.15, 0.2) is 0 Å². The highest BCUT2D eigenvalue weighted by Crippen LogP contribution is 2.24. The molecule has 0 radical (unpaired) electrons. The molecule has 1 heterocycles. The zero-order chi connectivity index (χ0) is 13.3. The minimum atomic E-state index is -0.449. The lowest BCUT2D eigenvalue weighted by Gasteiger charge is -2.08. The molecule has 0 fully saturated rings. The Kier molecular flexibility index (Phi) is 3.47. The number of aromatic nitrogens is 1. The highest BCUT2D eigenvalue weighted by atomic mass is 79.9. The van der Waals surface area contributed by atoms with E-state index in [0.29, 0.717) is 15.7 Å². The quantitative estimate of drug-likeness (QED) is 0.924. The van der Waals surface area contributed by atoms with Gasteiger partial charge in [0.2, 0.25) is 5.76 Å². The molecule has 0 saturated heterocycles. The molecule has 94 valence electrons. The summed E-state index contributed by atoms with van der Waals surface area (Å²) in [6.07, 6.45) is 1.45. The van der Waals surface area contributed by atoms with E-state index in [9.17, 15) is 9.18 Å². The van der Waals surface area contributed by atoms with Gasteiger partial charge in [-0.2, -0.15) is 0 Å². The first-order chi connectivity index (χ1) is 8.49. The maximum absolute atomic E-state index is 13.4. The van der Waals surface area contributed by atoms with Crippen LogP contribution in [0.15, 0.2) is 27.3 Å². The first-order valence-electron chi connectivity index (χ1n) is 5.17. The predicted molar refractivity (Wildman–Crippen MR) is 68.0 cm³/mol. The lowest BCUT2D eigenvalue weighted by molar-refractivity contribution is 0.0987. The van der Waals surface area contributed by atoms with Crippen LogP contribution in [0.2, 0.25) is 0 Å². The van der Waals surface area contributed by atoms with E-state index in [-0.39, 0.29) is 5.76 Å². The van der Waals surface area contributed by atoms with Crippen molar-refractivity contribution in [2.75, 3.05) is 5.32 Å². The molecule has 1 aromatic heterocycles. The fourth-order valence-corrected chi connectivity index (χ4v) is 1.93. The Morgan fingerprint density at radius 2 is 2.11 bits per heavy atom. The van der Waals surface area contributed by atoms with Gasteiger partial charge in [-0.25, -0.2) is 4.39 Å². The third-order valence-corrected chi connectivity index (χ3v) is 3.08. The summed E-state index contributed by atoms with van der Waals surface area (Å²) >= 11 is 3.08. The molecule has 0 atom stereocenters. The molecule has 0 aliphatic heterocycles. The largest absolute Gasteiger partial charge is 0.351 e. The van der Waals surface area contributed by atoms with E-state index in [0.717, 1.165) is 5.56 Å². The number of nitrogens with one attached hydrogen (secondary N) is 1. The SMILES string of the molecule is Cc1cc(Br)c(F)cc1NC(=O)c1oncc1C. The van der Waals surface area contributed by atoms with E-state index in [1.54, 1.807) is 19.9 Å². The fraction of sp³-hybridized carbons (Fsp3) is 0.167. The van der Waals surface area contributed by atoms with Crippen LogP contribution in [-0.4, -0.2) is 11.1 Å². The summed E-state index contributed by atoms with van der Waals surface area (Å²) in [7, 11) is 0. The number of aryl methyl sites for hydroxylation is 2. The molecule has 18 heavy (non-hydrogen) atoms. The summed E-state index contributed by atoms with van der Waals surface area (Å²) in [6.45, 7) is 3.48. The summed E-state index contributed by atoms with van der Waals surface area (Å²) in [5.74, 6) is -0.766. The zero-order valence-electron chi connectivity index (χ0n) is 9.75. The summed E-state index contributed by atoms with van der Waals surface area (Å²) in [5, 5.41) is 6.11. The summed E-state index contributed by atoms with van der Waals surface area (Å²) in [6, 6.07) is 2.85. The number of carbonyl (C=O) groups excluding carboxylic acids is 1. The van der Waals surface area contributed by atoms with Crippen molar-refractivity contribution in [3.05, 3.63) is 45.5 Å². The molecule has 0 bridgehead atoms. The second-order valence-electron chi connectivity index (χ2n) is 3.87. The molecule has 0 unspecified atom stereocenters. The molecule has 0 aliphatic carbocycles. The Morgan fingerprint density at radius 3 is 2.72 bits per heavy atom. The van der Waals surface area contributed by atoms with Crippen molar-refractivity contribution in [1.82, 2.24) is 5.16 Å². The number of nitrogens with zero attached hydrogens (tertiary/aromatic N) is 1. The molecule has 2 aromatic rings. The molecule has 2 rings (SSSR count). The van der Waals surface area contributed by atoms with Crippen LogP contribution < -0.4 is 5.32 Å². The Labute approximate surface area is 111 Å². The summed E-state index contributed by atoms with van der Waals surface area (Å²) in [4.78, 5) is 11.9. The van der Waals surface area contributed by atoms with Crippen molar-refractivity contribution in [1.29, 1.82) is 0 Å². The summed E-state index contributed by atoms with van der Waals surface area (Å²) in [5.41, 5.74) is 1.77. The number of halogens is 2. The average Bonchev–Trinajstić information content (AvgIpc) is 2.72. The fourth-order valence-electron chi connectivity index (χ4n) is 1.47. The van der Waals surface area contributed by atoms with Gasteiger partial charge in [-0.1, -0.05) is 5.16 Å².